The van der Waals surface area contributed by atoms with Crippen molar-refractivity contribution in [1.82, 2.24) is 9.88 Å². The van der Waals surface area contributed by atoms with Gasteiger partial charge in [-0.1, -0.05) is 30.5 Å². The van der Waals surface area contributed by atoms with Crippen molar-refractivity contribution < 1.29 is 13.2 Å². The molecule has 1 heterocycles. The molecule has 0 amide bonds. The fourth-order valence-corrected chi connectivity index (χ4v) is 3.80. The second kappa shape index (κ2) is 8.44. The lowest BCUT2D eigenvalue weighted by Crippen LogP contribution is -2.41. The van der Waals surface area contributed by atoms with E-state index >= 15 is 0 Å². The molecule has 0 atom stereocenters. The molecule has 3 nitrogen and oxygen atoms in total. The van der Waals surface area contributed by atoms with Crippen LogP contribution in [0, 0.1) is 0 Å². The van der Waals surface area contributed by atoms with Crippen molar-refractivity contribution in [1.29, 1.82) is 0 Å². The van der Waals surface area contributed by atoms with Crippen LogP contribution in [0.4, 0.5) is 18.9 Å². The topological polar surface area (TPSA) is 28.2 Å². The molecule has 0 spiro atoms. The number of nitrogens with zero attached hydrogens (tertiary/aromatic N) is 2. The Balaban J connectivity index is 1.78. The van der Waals surface area contributed by atoms with E-state index in [0.29, 0.717) is 23.4 Å². The van der Waals surface area contributed by atoms with Crippen molar-refractivity contribution in [3.63, 3.8) is 0 Å². The molecule has 3 rings (SSSR count). The van der Waals surface area contributed by atoms with Gasteiger partial charge in [-0.05, 0) is 54.9 Å². The zero-order valence-corrected chi connectivity index (χ0v) is 16.0. The molecule has 1 fully saturated rings. The van der Waals surface area contributed by atoms with Crippen molar-refractivity contribution >= 4 is 34.6 Å². The number of thiocarbonyl (C=S) groups is 1. The summed E-state index contributed by atoms with van der Waals surface area (Å²) in [7, 11) is 0. The Hall–Kier alpha value is -1.86. The van der Waals surface area contributed by atoms with Gasteiger partial charge in [-0.15, -0.1) is 0 Å². The number of hydrogen-bond donors (Lipinski definition) is 1. The van der Waals surface area contributed by atoms with Crippen LogP contribution in [-0.4, -0.2) is 21.0 Å². The number of nitrogens with one attached hydrogen (secondary N) is 1. The number of anilines is 1. The highest BCUT2D eigenvalue weighted by molar-refractivity contribution is 7.80. The highest BCUT2D eigenvalue weighted by Crippen LogP contribution is 2.34. The first-order valence-corrected chi connectivity index (χ1v) is 9.46. The Morgan fingerprint density at radius 2 is 2.00 bits per heavy atom. The van der Waals surface area contributed by atoms with Crippen molar-refractivity contribution in [3.05, 3.63) is 58.9 Å². The number of halogens is 4. The second-order valence-electron chi connectivity index (χ2n) is 6.55. The summed E-state index contributed by atoms with van der Waals surface area (Å²) in [6.45, 7) is 0.586. The van der Waals surface area contributed by atoms with Crippen LogP contribution in [0.1, 0.15) is 36.8 Å². The molecule has 27 heavy (non-hydrogen) atoms. The first-order valence-electron chi connectivity index (χ1n) is 8.68. The lowest BCUT2D eigenvalue weighted by molar-refractivity contribution is -0.137. The fourth-order valence-electron chi connectivity index (χ4n) is 3.25. The van der Waals surface area contributed by atoms with Crippen molar-refractivity contribution in [2.45, 2.75) is 44.4 Å². The zero-order chi connectivity index (χ0) is 19.4. The molecule has 1 N–H and O–H groups in total. The molecule has 0 unspecified atom stereocenters. The Labute approximate surface area is 166 Å². The smallest absolute Gasteiger partial charge is 0.342 e. The van der Waals surface area contributed by atoms with E-state index in [1.807, 2.05) is 12.1 Å². The lowest BCUT2D eigenvalue weighted by Gasteiger charge is -2.32. The summed E-state index contributed by atoms with van der Waals surface area (Å²) in [4.78, 5) is 6.21. The minimum atomic E-state index is -4.43. The summed E-state index contributed by atoms with van der Waals surface area (Å²) < 4.78 is 38.5. The van der Waals surface area contributed by atoms with Crippen LogP contribution < -0.4 is 5.32 Å². The zero-order valence-electron chi connectivity index (χ0n) is 14.5. The number of pyridine rings is 1. The third-order valence-corrected chi connectivity index (χ3v) is 5.29. The molecule has 2 aromatic rings. The van der Waals surface area contributed by atoms with E-state index in [1.165, 1.54) is 6.07 Å². The molecule has 1 aliphatic rings. The molecule has 8 heteroatoms. The molecular formula is C19H19ClF3N3S. The fraction of sp³-hybridized carbons (Fsp3) is 0.368. The van der Waals surface area contributed by atoms with E-state index in [1.54, 1.807) is 12.4 Å². The van der Waals surface area contributed by atoms with Crippen molar-refractivity contribution in [2.75, 3.05) is 5.32 Å². The van der Waals surface area contributed by atoms with Crippen LogP contribution in [0.3, 0.4) is 0 Å². The Kier molecular flexibility index (Phi) is 6.22. The van der Waals surface area contributed by atoms with Crippen LogP contribution in [-0.2, 0) is 12.7 Å². The molecule has 0 bridgehead atoms. The third-order valence-electron chi connectivity index (χ3n) is 4.64. The first kappa shape index (κ1) is 19.9. The van der Waals surface area contributed by atoms with Crippen LogP contribution in [0.25, 0.3) is 0 Å². The molecular weight excluding hydrogens is 395 g/mol. The molecule has 1 saturated carbocycles. The maximum Gasteiger partial charge on any atom is 0.416 e. The number of rotatable bonds is 4. The summed E-state index contributed by atoms with van der Waals surface area (Å²) in [5.41, 5.74) is 0.600. The molecule has 1 aromatic heterocycles. The highest BCUT2D eigenvalue weighted by atomic mass is 35.5. The standard InChI is InChI=1S/C19H19ClF3N3S/c20-16-10-14(19(21,22)23)7-8-17(16)25-18(27)26(15-5-1-2-6-15)12-13-4-3-9-24-11-13/h3-4,7-11,15H,1-2,5-6,12H2,(H,25,27). The molecule has 144 valence electrons. The maximum absolute atomic E-state index is 12.8. The monoisotopic (exact) mass is 413 g/mol. The first-order chi connectivity index (χ1) is 12.8. The van der Waals surface area contributed by atoms with Crippen LogP contribution in [0.2, 0.25) is 5.02 Å². The molecule has 1 aliphatic carbocycles. The van der Waals surface area contributed by atoms with Crippen LogP contribution in [0.15, 0.2) is 42.7 Å². The normalized spacial score (nSPS) is 15.0. The van der Waals surface area contributed by atoms with E-state index in [0.717, 1.165) is 43.4 Å². The quantitative estimate of drug-likeness (QED) is 0.632. The van der Waals surface area contributed by atoms with Gasteiger partial charge in [0, 0.05) is 25.0 Å². The maximum atomic E-state index is 12.8. The van der Waals surface area contributed by atoms with Crippen LogP contribution in [0.5, 0.6) is 0 Å². The number of alkyl halides is 3. The van der Waals surface area contributed by atoms with Crippen molar-refractivity contribution in [3.8, 4) is 0 Å². The summed E-state index contributed by atoms with van der Waals surface area (Å²) in [5, 5.41) is 3.46. The summed E-state index contributed by atoms with van der Waals surface area (Å²) >= 11 is 11.6. The summed E-state index contributed by atoms with van der Waals surface area (Å²) in [6, 6.07) is 7.35. The minimum Gasteiger partial charge on any atom is -0.342 e. The predicted molar refractivity (Wildman–Crippen MR) is 105 cm³/mol. The van der Waals surface area contributed by atoms with Gasteiger partial charge >= 0.3 is 6.18 Å². The van der Waals surface area contributed by atoms with Gasteiger partial charge in [0.1, 0.15) is 0 Å². The van der Waals surface area contributed by atoms with Gasteiger partial charge in [0.05, 0.1) is 16.3 Å². The van der Waals surface area contributed by atoms with E-state index in [-0.39, 0.29) is 5.02 Å². The Morgan fingerprint density at radius 3 is 2.59 bits per heavy atom. The van der Waals surface area contributed by atoms with Crippen molar-refractivity contribution in [2.24, 2.45) is 0 Å². The van der Waals surface area contributed by atoms with Crippen LogP contribution >= 0.6 is 23.8 Å². The van der Waals surface area contributed by atoms with Gasteiger partial charge in [-0.2, -0.15) is 13.2 Å². The van der Waals surface area contributed by atoms with E-state index < -0.39 is 11.7 Å². The minimum absolute atomic E-state index is 0.0140. The number of aromatic nitrogens is 1. The summed E-state index contributed by atoms with van der Waals surface area (Å²) in [6.07, 6.45) is 3.40. The van der Waals surface area contributed by atoms with Gasteiger partial charge in [-0.3, -0.25) is 4.98 Å². The second-order valence-corrected chi connectivity index (χ2v) is 7.34. The van der Waals surface area contributed by atoms with Gasteiger partial charge in [0.2, 0.25) is 0 Å². The summed E-state index contributed by atoms with van der Waals surface area (Å²) in [5.74, 6) is 0. The SMILES string of the molecule is FC(F)(F)c1ccc(NC(=S)N(Cc2cccnc2)C2CCCC2)c(Cl)c1. The van der Waals surface area contributed by atoms with Gasteiger partial charge in [0.25, 0.3) is 0 Å². The van der Waals surface area contributed by atoms with E-state index in [9.17, 15) is 13.2 Å². The third kappa shape index (κ3) is 5.11. The highest BCUT2D eigenvalue weighted by Gasteiger charge is 2.31. The Bertz CT molecular complexity index is 793. The van der Waals surface area contributed by atoms with Gasteiger partial charge in [-0.25, -0.2) is 0 Å². The van der Waals surface area contributed by atoms with E-state index in [4.69, 9.17) is 23.8 Å². The Morgan fingerprint density at radius 1 is 1.26 bits per heavy atom. The number of benzene rings is 1. The van der Waals surface area contributed by atoms with Gasteiger partial charge < -0.3 is 10.2 Å². The molecule has 1 aromatic carbocycles. The molecule has 0 aliphatic heterocycles. The molecule has 0 saturated heterocycles. The van der Waals surface area contributed by atoms with Gasteiger partial charge in [0.15, 0.2) is 5.11 Å². The average Bonchev–Trinajstić information content (AvgIpc) is 3.15. The largest absolute Gasteiger partial charge is 0.416 e. The number of hydrogen-bond acceptors (Lipinski definition) is 2. The van der Waals surface area contributed by atoms with E-state index in [2.05, 4.69) is 15.2 Å². The lowest BCUT2D eigenvalue weighted by atomic mass is 10.2. The molecule has 0 radical (unpaired) electrons. The predicted octanol–water partition coefficient (Wildman–Crippen LogP) is 5.90. The average molecular weight is 414 g/mol.